The number of aliphatic carboxylic acids is 1. The van der Waals surface area contributed by atoms with Gasteiger partial charge in [-0.15, -0.1) is 0 Å². The van der Waals surface area contributed by atoms with Crippen LogP contribution >= 0.6 is 0 Å². The summed E-state index contributed by atoms with van der Waals surface area (Å²) in [6.45, 7) is 2.33. The lowest BCUT2D eigenvalue weighted by atomic mass is 9.90. The molecule has 1 saturated heterocycles. The number of benzene rings is 1. The van der Waals surface area contributed by atoms with E-state index in [0.717, 1.165) is 12.1 Å². The van der Waals surface area contributed by atoms with E-state index in [0.29, 0.717) is 12.3 Å². The molecule has 0 spiro atoms. The molecule has 1 aromatic carbocycles. The molecule has 1 aromatic rings. The first-order valence-electron chi connectivity index (χ1n) is 6.64. The van der Waals surface area contributed by atoms with E-state index < -0.39 is 5.97 Å². The Morgan fingerprint density at radius 2 is 2.11 bits per heavy atom. The van der Waals surface area contributed by atoms with Gasteiger partial charge in [-0.3, -0.25) is 4.79 Å². The van der Waals surface area contributed by atoms with Crippen LogP contribution in [0.4, 0.5) is 0 Å². The second-order valence-corrected chi connectivity index (χ2v) is 5.24. The van der Waals surface area contributed by atoms with Crippen LogP contribution in [0.2, 0.25) is 0 Å². The van der Waals surface area contributed by atoms with Gasteiger partial charge in [0.1, 0.15) is 0 Å². The van der Waals surface area contributed by atoms with E-state index in [1.54, 1.807) is 0 Å². The molecular weight excluding hydrogens is 226 g/mol. The minimum Gasteiger partial charge on any atom is -0.481 e. The number of hydrogen-bond acceptors (Lipinski definition) is 2. The molecule has 0 radical (unpaired) electrons. The van der Waals surface area contributed by atoms with Crippen LogP contribution in [0, 0.1) is 0 Å². The quantitative estimate of drug-likeness (QED) is 0.888. The van der Waals surface area contributed by atoms with Gasteiger partial charge in [-0.1, -0.05) is 24.3 Å². The van der Waals surface area contributed by atoms with Gasteiger partial charge < -0.3 is 10.0 Å². The summed E-state index contributed by atoms with van der Waals surface area (Å²) >= 11 is 0. The number of hydrogen-bond donors (Lipinski definition) is 1. The molecule has 98 valence electrons. The smallest absolute Gasteiger partial charge is 0.303 e. The van der Waals surface area contributed by atoms with Crippen molar-refractivity contribution in [2.45, 2.75) is 31.6 Å². The van der Waals surface area contributed by atoms with Gasteiger partial charge in [-0.25, -0.2) is 0 Å². The maximum atomic E-state index is 10.5. The maximum absolute atomic E-state index is 10.5. The fourth-order valence-corrected chi connectivity index (χ4v) is 2.65. The van der Waals surface area contributed by atoms with Crippen LogP contribution in [0.1, 0.15) is 36.3 Å². The molecule has 0 bridgehead atoms. The molecule has 0 aromatic heterocycles. The van der Waals surface area contributed by atoms with Gasteiger partial charge in [0.2, 0.25) is 0 Å². The number of carboxylic acids is 1. The molecule has 1 aliphatic rings. The zero-order valence-electron chi connectivity index (χ0n) is 10.9. The number of likely N-dealkylation sites (tertiary alicyclic amines) is 1. The van der Waals surface area contributed by atoms with Crippen molar-refractivity contribution in [3.8, 4) is 0 Å². The van der Waals surface area contributed by atoms with Crippen LogP contribution in [0.5, 0.6) is 0 Å². The van der Waals surface area contributed by atoms with Crippen LogP contribution < -0.4 is 0 Å². The summed E-state index contributed by atoms with van der Waals surface area (Å²) in [5, 5.41) is 8.66. The van der Waals surface area contributed by atoms with E-state index >= 15 is 0 Å². The minimum atomic E-state index is -0.729. The highest BCUT2D eigenvalue weighted by Gasteiger charge is 2.18. The van der Waals surface area contributed by atoms with Crippen molar-refractivity contribution in [3.63, 3.8) is 0 Å². The van der Waals surface area contributed by atoms with E-state index in [9.17, 15) is 4.79 Å². The highest BCUT2D eigenvalue weighted by molar-refractivity contribution is 5.67. The average Bonchev–Trinajstić information content (AvgIpc) is 2.37. The number of rotatable bonds is 4. The average molecular weight is 247 g/mol. The molecule has 1 fully saturated rings. The number of aryl methyl sites for hydroxylation is 1. The predicted molar refractivity (Wildman–Crippen MR) is 71.9 cm³/mol. The van der Waals surface area contributed by atoms with Crippen molar-refractivity contribution in [3.05, 3.63) is 35.4 Å². The third-order valence-electron chi connectivity index (χ3n) is 3.70. The lowest BCUT2D eigenvalue weighted by Crippen LogP contribution is -2.30. The highest BCUT2D eigenvalue weighted by Crippen LogP contribution is 2.26. The van der Waals surface area contributed by atoms with Crippen molar-refractivity contribution in [1.82, 2.24) is 4.90 Å². The summed E-state index contributed by atoms with van der Waals surface area (Å²) in [6, 6.07) is 8.49. The lowest BCUT2D eigenvalue weighted by molar-refractivity contribution is -0.136. The molecule has 1 unspecified atom stereocenters. The molecule has 2 rings (SSSR count). The summed E-state index contributed by atoms with van der Waals surface area (Å²) in [6.07, 6.45) is 3.37. The number of nitrogens with zero attached hydrogens (tertiary/aromatic N) is 1. The second kappa shape index (κ2) is 6.01. The molecule has 1 atom stereocenters. The maximum Gasteiger partial charge on any atom is 0.303 e. The van der Waals surface area contributed by atoms with Gasteiger partial charge >= 0.3 is 5.97 Å². The Kier molecular flexibility index (Phi) is 4.37. The van der Waals surface area contributed by atoms with E-state index in [1.165, 1.54) is 24.9 Å². The van der Waals surface area contributed by atoms with E-state index in [2.05, 4.69) is 36.2 Å². The number of carbonyl (C=O) groups is 1. The van der Waals surface area contributed by atoms with E-state index in [1.807, 2.05) is 0 Å². The van der Waals surface area contributed by atoms with Crippen LogP contribution in [0.15, 0.2) is 24.3 Å². The first kappa shape index (κ1) is 13.1. The second-order valence-electron chi connectivity index (χ2n) is 5.24. The Morgan fingerprint density at radius 1 is 1.39 bits per heavy atom. The monoisotopic (exact) mass is 247 g/mol. The number of carboxylic acid groups (broad SMARTS) is 1. The third-order valence-corrected chi connectivity index (χ3v) is 3.70. The van der Waals surface area contributed by atoms with Crippen molar-refractivity contribution in [2.24, 2.45) is 0 Å². The van der Waals surface area contributed by atoms with Crippen LogP contribution in [-0.4, -0.2) is 36.1 Å². The zero-order chi connectivity index (χ0) is 13.0. The summed E-state index contributed by atoms with van der Waals surface area (Å²) in [5.41, 5.74) is 2.51. The Hall–Kier alpha value is -1.35. The number of piperidine rings is 1. The Morgan fingerprint density at radius 3 is 2.72 bits per heavy atom. The fraction of sp³-hybridized carbons (Fsp3) is 0.533. The molecule has 1 heterocycles. The predicted octanol–water partition coefficient (Wildman–Crippen LogP) is 2.51. The summed E-state index contributed by atoms with van der Waals surface area (Å²) in [4.78, 5) is 12.9. The number of likely N-dealkylation sites (N-methyl/N-ethyl adjacent to an activating group) is 1. The van der Waals surface area contributed by atoms with E-state index in [4.69, 9.17) is 5.11 Å². The summed E-state index contributed by atoms with van der Waals surface area (Å²) in [5.74, 6) is -0.0924. The van der Waals surface area contributed by atoms with Crippen LogP contribution in [-0.2, 0) is 11.2 Å². The summed E-state index contributed by atoms with van der Waals surface area (Å²) < 4.78 is 0. The topological polar surface area (TPSA) is 40.5 Å². The normalized spacial score (nSPS) is 20.8. The van der Waals surface area contributed by atoms with Crippen molar-refractivity contribution >= 4 is 5.97 Å². The van der Waals surface area contributed by atoms with Gasteiger partial charge in [0.05, 0.1) is 0 Å². The summed E-state index contributed by atoms with van der Waals surface area (Å²) in [7, 11) is 2.17. The van der Waals surface area contributed by atoms with Gasteiger partial charge in [0, 0.05) is 13.0 Å². The third kappa shape index (κ3) is 3.57. The van der Waals surface area contributed by atoms with Crippen LogP contribution in [0.25, 0.3) is 0 Å². The molecule has 18 heavy (non-hydrogen) atoms. The molecule has 0 saturated carbocycles. The standard InChI is InChI=1S/C15H21NO2/c1-16-10-2-3-14(11-16)13-7-4-12(5-8-13)6-9-15(17)18/h4-5,7-8,14H,2-3,6,9-11H2,1H3,(H,17,18). The first-order valence-corrected chi connectivity index (χ1v) is 6.64. The van der Waals surface area contributed by atoms with E-state index in [-0.39, 0.29) is 6.42 Å². The molecule has 1 aliphatic heterocycles. The molecule has 0 aliphatic carbocycles. The molecule has 1 N–H and O–H groups in total. The van der Waals surface area contributed by atoms with Gasteiger partial charge in [-0.05, 0) is 49.9 Å². The zero-order valence-corrected chi connectivity index (χ0v) is 10.9. The molecule has 3 nitrogen and oxygen atoms in total. The molecular formula is C15H21NO2. The Balaban J connectivity index is 1.96. The fourth-order valence-electron chi connectivity index (χ4n) is 2.65. The van der Waals surface area contributed by atoms with Crippen molar-refractivity contribution in [2.75, 3.05) is 20.1 Å². The SMILES string of the molecule is CN1CCCC(c2ccc(CCC(=O)O)cc2)C1. The Bertz CT molecular complexity index is 399. The van der Waals surface area contributed by atoms with Crippen molar-refractivity contribution < 1.29 is 9.90 Å². The van der Waals surface area contributed by atoms with Crippen LogP contribution in [0.3, 0.4) is 0 Å². The lowest BCUT2D eigenvalue weighted by Gasteiger charge is -2.30. The molecule has 3 heteroatoms. The van der Waals surface area contributed by atoms with Gasteiger partial charge in [0.15, 0.2) is 0 Å². The van der Waals surface area contributed by atoms with Gasteiger partial charge in [-0.2, -0.15) is 0 Å². The molecule has 0 amide bonds. The van der Waals surface area contributed by atoms with Gasteiger partial charge in [0.25, 0.3) is 0 Å². The van der Waals surface area contributed by atoms with Crippen molar-refractivity contribution in [1.29, 1.82) is 0 Å². The minimum absolute atomic E-state index is 0.214. The Labute approximate surface area is 108 Å². The highest BCUT2D eigenvalue weighted by atomic mass is 16.4. The largest absolute Gasteiger partial charge is 0.481 e. The first-order chi connectivity index (χ1) is 8.65.